The van der Waals surface area contributed by atoms with Gasteiger partial charge in [-0.25, -0.2) is 4.79 Å². The molecule has 18 heavy (non-hydrogen) atoms. The van der Waals surface area contributed by atoms with Crippen molar-refractivity contribution in [2.45, 2.75) is 13.8 Å². The van der Waals surface area contributed by atoms with Crippen molar-refractivity contribution in [1.82, 2.24) is 0 Å². The molecule has 0 aromatic heterocycles. The van der Waals surface area contributed by atoms with Crippen LogP contribution in [-0.4, -0.2) is 19.0 Å². The summed E-state index contributed by atoms with van der Waals surface area (Å²) in [6, 6.07) is 4.99. The fraction of sp³-hybridized carbons (Fsp3) is 0.231. The van der Waals surface area contributed by atoms with Crippen molar-refractivity contribution in [3.8, 4) is 0 Å². The van der Waals surface area contributed by atoms with E-state index < -0.39 is 5.97 Å². The summed E-state index contributed by atoms with van der Waals surface area (Å²) in [6.07, 6.45) is 1.48. The van der Waals surface area contributed by atoms with Gasteiger partial charge in [0.2, 0.25) is 5.91 Å². The predicted octanol–water partition coefficient (Wildman–Crippen LogP) is 3.14. The Kier molecular flexibility index (Phi) is 5.09. The number of allylic oxidation sites excluding steroid dienone is 1. The van der Waals surface area contributed by atoms with E-state index in [1.165, 1.54) is 13.2 Å². The molecule has 0 aliphatic heterocycles. The van der Waals surface area contributed by atoms with E-state index in [1.54, 1.807) is 18.2 Å². The molecule has 1 aromatic carbocycles. The zero-order valence-corrected chi connectivity index (χ0v) is 12.0. The Morgan fingerprint density at radius 2 is 2.00 bits per heavy atom. The van der Waals surface area contributed by atoms with Crippen LogP contribution in [0.1, 0.15) is 24.2 Å². The highest BCUT2D eigenvalue weighted by Gasteiger charge is 2.13. The second-order valence-electron chi connectivity index (χ2n) is 3.87. The number of carbonyl (C=O) groups excluding carboxylic acids is 2. The number of carbonyl (C=O) groups is 2. The number of esters is 1. The van der Waals surface area contributed by atoms with Crippen LogP contribution in [0.3, 0.4) is 0 Å². The van der Waals surface area contributed by atoms with Crippen molar-refractivity contribution in [1.29, 1.82) is 0 Å². The lowest BCUT2D eigenvalue weighted by Gasteiger charge is -2.08. The minimum Gasteiger partial charge on any atom is -0.465 e. The van der Waals surface area contributed by atoms with Crippen molar-refractivity contribution in [3.63, 3.8) is 0 Å². The third-order valence-electron chi connectivity index (χ3n) is 2.08. The SMILES string of the molecule is COC(=O)c1cccc(NC(=O)C=C(C)C)c1Br. The molecular weight excluding hydrogens is 298 g/mol. The molecule has 1 aromatic rings. The Hall–Kier alpha value is -1.62. The lowest BCUT2D eigenvalue weighted by molar-refractivity contribution is -0.112. The number of rotatable bonds is 3. The number of anilines is 1. The summed E-state index contributed by atoms with van der Waals surface area (Å²) in [5, 5.41) is 2.69. The summed E-state index contributed by atoms with van der Waals surface area (Å²) in [4.78, 5) is 23.1. The van der Waals surface area contributed by atoms with E-state index in [9.17, 15) is 9.59 Å². The molecule has 0 aliphatic rings. The minimum absolute atomic E-state index is 0.238. The molecule has 0 spiro atoms. The molecule has 0 saturated carbocycles. The first-order valence-electron chi connectivity index (χ1n) is 5.28. The Morgan fingerprint density at radius 3 is 2.56 bits per heavy atom. The molecule has 0 unspecified atom stereocenters. The summed E-state index contributed by atoms with van der Waals surface area (Å²) < 4.78 is 5.15. The summed E-state index contributed by atoms with van der Waals surface area (Å²) in [5.41, 5.74) is 1.79. The Balaban J connectivity index is 3.01. The van der Waals surface area contributed by atoms with Gasteiger partial charge in [-0.2, -0.15) is 0 Å². The number of methoxy groups -OCH3 is 1. The number of nitrogens with one attached hydrogen (secondary N) is 1. The van der Waals surface area contributed by atoms with E-state index in [1.807, 2.05) is 13.8 Å². The van der Waals surface area contributed by atoms with Gasteiger partial charge in [-0.15, -0.1) is 0 Å². The van der Waals surface area contributed by atoms with E-state index in [0.717, 1.165) is 5.57 Å². The van der Waals surface area contributed by atoms with Gasteiger partial charge in [-0.1, -0.05) is 11.6 Å². The predicted molar refractivity (Wildman–Crippen MR) is 73.5 cm³/mol. The maximum absolute atomic E-state index is 11.6. The van der Waals surface area contributed by atoms with Crippen molar-refractivity contribution in [3.05, 3.63) is 39.9 Å². The minimum atomic E-state index is -0.458. The van der Waals surface area contributed by atoms with Crippen molar-refractivity contribution < 1.29 is 14.3 Å². The van der Waals surface area contributed by atoms with Gasteiger partial charge >= 0.3 is 5.97 Å². The molecule has 1 rings (SSSR count). The van der Waals surface area contributed by atoms with Crippen LogP contribution in [0.25, 0.3) is 0 Å². The van der Waals surface area contributed by atoms with Gasteiger partial charge in [0.15, 0.2) is 0 Å². The van der Waals surface area contributed by atoms with Crippen molar-refractivity contribution in [2.24, 2.45) is 0 Å². The van der Waals surface area contributed by atoms with Gasteiger partial charge in [0.05, 0.1) is 22.8 Å². The number of amides is 1. The zero-order valence-electron chi connectivity index (χ0n) is 10.4. The first-order chi connectivity index (χ1) is 8.45. The second kappa shape index (κ2) is 6.35. The largest absolute Gasteiger partial charge is 0.465 e. The van der Waals surface area contributed by atoms with Crippen molar-refractivity contribution in [2.75, 3.05) is 12.4 Å². The van der Waals surface area contributed by atoms with Crippen LogP contribution in [0, 0.1) is 0 Å². The maximum atomic E-state index is 11.6. The number of hydrogen-bond acceptors (Lipinski definition) is 3. The Bertz CT molecular complexity index is 505. The second-order valence-corrected chi connectivity index (χ2v) is 4.66. The van der Waals surface area contributed by atoms with Gasteiger partial charge in [0, 0.05) is 6.08 Å². The van der Waals surface area contributed by atoms with Gasteiger partial charge < -0.3 is 10.1 Å². The summed E-state index contributed by atoms with van der Waals surface area (Å²) in [5.74, 6) is -0.696. The van der Waals surface area contributed by atoms with Gasteiger partial charge in [0.25, 0.3) is 0 Å². The van der Waals surface area contributed by atoms with E-state index in [2.05, 4.69) is 26.0 Å². The molecule has 1 amide bonds. The normalized spacial score (nSPS) is 9.56. The lowest BCUT2D eigenvalue weighted by Crippen LogP contribution is -2.11. The van der Waals surface area contributed by atoms with Crippen LogP contribution in [0.4, 0.5) is 5.69 Å². The molecular formula is C13H14BrNO3. The first kappa shape index (κ1) is 14.4. The summed E-state index contributed by atoms with van der Waals surface area (Å²) in [7, 11) is 1.31. The summed E-state index contributed by atoms with van der Waals surface area (Å²) >= 11 is 3.28. The highest BCUT2D eigenvalue weighted by atomic mass is 79.9. The van der Waals surface area contributed by atoms with E-state index in [4.69, 9.17) is 0 Å². The molecule has 0 radical (unpaired) electrons. The fourth-order valence-corrected chi connectivity index (χ4v) is 1.85. The van der Waals surface area contributed by atoms with Crippen LogP contribution < -0.4 is 5.32 Å². The molecule has 96 valence electrons. The number of hydrogen-bond donors (Lipinski definition) is 1. The van der Waals surface area contributed by atoms with Crippen LogP contribution in [-0.2, 0) is 9.53 Å². The van der Waals surface area contributed by atoms with Crippen LogP contribution in [0.15, 0.2) is 34.3 Å². The standard InChI is InChI=1S/C13H14BrNO3/c1-8(2)7-11(16)15-10-6-4-5-9(12(10)14)13(17)18-3/h4-7H,1-3H3,(H,15,16). The van der Waals surface area contributed by atoms with Gasteiger partial charge in [-0.3, -0.25) is 4.79 Å². The fourth-order valence-electron chi connectivity index (χ4n) is 1.33. The smallest absolute Gasteiger partial charge is 0.339 e. The molecule has 0 bridgehead atoms. The average molecular weight is 312 g/mol. The number of halogens is 1. The van der Waals surface area contributed by atoms with Crippen molar-refractivity contribution >= 4 is 33.5 Å². The highest BCUT2D eigenvalue weighted by Crippen LogP contribution is 2.27. The average Bonchev–Trinajstić information content (AvgIpc) is 2.30. The first-order valence-corrected chi connectivity index (χ1v) is 6.07. The van der Waals surface area contributed by atoms with E-state index in [0.29, 0.717) is 15.7 Å². The zero-order chi connectivity index (χ0) is 13.7. The molecule has 0 fully saturated rings. The molecule has 0 heterocycles. The maximum Gasteiger partial charge on any atom is 0.339 e. The number of ether oxygens (including phenoxy) is 1. The van der Waals surface area contributed by atoms with Crippen LogP contribution >= 0.6 is 15.9 Å². The highest BCUT2D eigenvalue weighted by molar-refractivity contribution is 9.10. The Labute approximate surface area is 114 Å². The number of benzene rings is 1. The van der Waals surface area contributed by atoms with E-state index >= 15 is 0 Å². The van der Waals surface area contributed by atoms with Crippen LogP contribution in [0.2, 0.25) is 0 Å². The van der Waals surface area contributed by atoms with Crippen LogP contribution in [0.5, 0.6) is 0 Å². The quantitative estimate of drug-likeness (QED) is 0.689. The topological polar surface area (TPSA) is 55.4 Å². The lowest BCUT2D eigenvalue weighted by atomic mass is 10.2. The van der Waals surface area contributed by atoms with Gasteiger partial charge in [-0.05, 0) is 41.9 Å². The molecule has 4 nitrogen and oxygen atoms in total. The third kappa shape index (κ3) is 3.70. The molecule has 5 heteroatoms. The van der Waals surface area contributed by atoms with Gasteiger partial charge in [0.1, 0.15) is 0 Å². The molecule has 0 atom stereocenters. The molecule has 0 saturated heterocycles. The van der Waals surface area contributed by atoms with E-state index in [-0.39, 0.29) is 5.91 Å². The third-order valence-corrected chi connectivity index (χ3v) is 2.94. The monoisotopic (exact) mass is 311 g/mol. The Morgan fingerprint density at radius 1 is 1.33 bits per heavy atom. The molecule has 0 aliphatic carbocycles. The molecule has 1 N–H and O–H groups in total. The summed E-state index contributed by atoms with van der Waals surface area (Å²) in [6.45, 7) is 3.67.